The second-order valence-corrected chi connectivity index (χ2v) is 4.63. The molecule has 0 radical (unpaired) electrons. The van der Waals surface area contributed by atoms with E-state index in [0.29, 0.717) is 0 Å². The van der Waals surface area contributed by atoms with Crippen LogP contribution in [0.2, 0.25) is 0 Å². The third-order valence-corrected chi connectivity index (χ3v) is 3.64. The summed E-state index contributed by atoms with van der Waals surface area (Å²) in [5.74, 6) is -0.223. The Balaban J connectivity index is 3.00. The van der Waals surface area contributed by atoms with Crippen LogP contribution in [-0.2, 0) is 0 Å². The molecule has 0 aromatic heterocycles. The van der Waals surface area contributed by atoms with Crippen molar-refractivity contribution in [3.05, 3.63) is 35.6 Å². The van der Waals surface area contributed by atoms with Crippen LogP contribution in [0.1, 0.15) is 31.9 Å². The number of hydrogen-bond acceptors (Lipinski definition) is 2. The molecular formula is C13H21FN2. The first-order valence-corrected chi connectivity index (χ1v) is 5.60. The van der Waals surface area contributed by atoms with E-state index in [1.165, 1.54) is 12.1 Å². The van der Waals surface area contributed by atoms with Crippen molar-refractivity contribution in [2.24, 2.45) is 5.73 Å². The summed E-state index contributed by atoms with van der Waals surface area (Å²) in [5, 5.41) is 0. The van der Waals surface area contributed by atoms with Crippen LogP contribution in [0.4, 0.5) is 4.39 Å². The molecule has 0 bridgehead atoms. The Hall–Kier alpha value is -0.930. The highest BCUT2D eigenvalue weighted by Gasteiger charge is 2.33. The molecule has 2 unspecified atom stereocenters. The molecule has 0 saturated carbocycles. The highest BCUT2D eigenvalue weighted by Crippen LogP contribution is 2.30. The van der Waals surface area contributed by atoms with E-state index in [-0.39, 0.29) is 17.4 Å². The molecule has 0 heterocycles. The lowest BCUT2D eigenvalue weighted by Gasteiger charge is -2.41. The minimum atomic E-state index is -0.223. The van der Waals surface area contributed by atoms with Gasteiger partial charge in [-0.1, -0.05) is 19.1 Å². The van der Waals surface area contributed by atoms with Gasteiger partial charge in [0.2, 0.25) is 0 Å². The van der Waals surface area contributed by atoms with E-state index in [9.17, 15) is 4.39 Å². The highest BCUT2D eigenvalue weighted by atomic mass is 19.1. The molecule has 0 aliphatic rings. The third kappa shape index (κ3) is 2.42. The molecule has 0 fully saturated rings. The Labute approximate surface area is 97.3 Å². The van der Waals surface area contributed by atoms with E-state index in [0.717, 1.165) is 12.0 Å². The molecule has 1 aromatic rings. The minimum Gasteiger partial charge on any atom is -0.322 e. The maximum atomic E-state index is 12.8. The molecule has 0 spiro atoms. The van der Waals surface area contributed by atoms with Crippen molar-refractivity contribution in [3.63, 3.8) is 0 Å². The van der Waals surface area contributed by atoms with E-state index in [1.54, 1.807) is 12.1 Å². The van der Waals surface area contributed by atoms with Gasteiger partial charge in [0.15, 0.2) is 0 Å². The monoisotopic (exact) mass is 224 g/mol. The third-order valence-electron chi connectivity index (χ3n) is 3.64. The summed E-state index contributed by atoms with van der Waals surface area (Å²) in [6, 6.07) is 6.32. The number of nitrogens with two attached hydrogens (primary N) is 1. The van der Waals surface area contributed by atoms with E-state index < -0.39 is 0 Å². The van der Waals surface area contributed by atoms with E-state index in [1.807, 2.05) is 14.1 Å². The summed E-state index contributed by atoms with van der Waals surface area (Å²) in [7, 11) is 4.04. The predicted molar refractivity (Wildman–Crippen MR) is 65.7 cm³/mol. The van der Waals surface area contributed by atoms with Crippen molar-refractivity contribution >= 4 is 0 Å². The van der Waals surface area contributed by atoms with Gasteiger partial charge < -0.3 is 10.6 Å². The second kappa shape index (κ2) is 4.93. The number of halogens is 1. The predicted octanol–water partition coefficient (Wildman–Crippen LogP) is 2.56. The first-order valence-electron chi connectivity index (χ1n) is 5.60. The minimum absolute atomic E-state index is 0.113. The van der Waals surface area contributed by atoms with Crippen LogP contribution < -0.4 is 5.73 Å². The lowest BCUT2D eigenvalue weighted by atomic mass is 9.84. The lowest BCUT2D eigenvalue weighted by molar-refractivity contribution is 0.132. The number of hydrogen-bond donors (Lipinski definition) is 1. The molecular weight excluding hydrogens is 203 g/mol. The number of likely N-dealkylation sites (N-methyl/N-ethyl adjacent to an activating group) is 1. The molecule has 2 nitrogen and oxygen atoms in total. The number of benzene rings is 1. The van der Waals surface area contributed by atoms with Crippen LogP contribution in [0, 0.1) is 5.82 Å². The fraction of sp³-hybridized carbons (Fsp3) is 0.538. The first-order chi connectivity index (χ1) is 7.41. The summed E-state index contributed by atoms with van der Waals surface area (Å²) in [6.07, 6.45) is 0.943. The van der Waals surface area contributed by atoms with E-state index in [4.69, 9.17) is 5.73 Å². The average molecular weight is 224 g/mol. The average Bonchev–Trinajstić information content (AvgIpc) is 2.27. The molecule has 90 valence electrons. The molecule has 0 amide bonds. The van der Waals surface area contributed by atoms with Gasteiger partial charge in [-0.2, -0.15) is 0 Å². The Morgan fingerprint density at radius 3 is 2.19 bits per heavy atom. The largest absolute Gasteiger partial charge is 0.322 e. The topological polar surface area (TPSA) is 29.3 Å². The second-order valence-electron chi connectivity index (χ2n) is 4.63. The van der Waals surface area contributed by atoms with Crippen molar-refractivity contribution in [2.45, 2.75) is 31.8 Å². The number of nitrogens with zero attached hydrogens (tertiary/aromatic N) is 1. The van der Waals surface area contributed by atoms with Crippen molar-refractivity contribution in [1.82, 2.24) is 4.90 Å². The van der Waals surface area contributed by atoms with Crippen molar-refractivity contribution in [3.8, 4) is 0 Å². The van der Waals surface area contributed by atoms with Gasteiger partial charge in [-0.3, -0.25) is 0 Å². The molecule has 16 heavy (non-hydrogen) atoms. The molecule has 0 aliphatic heterocycles. The van der Waals surface area contributed by atoms with Gasteiger partial charge in [-0.15, -0.1) is 0 Å². The number of rotatable bonds is 4. The van der Waals surface area contributed by atoms with Gasteiger partial charge in [0.1, 0.15) is 5.82 Å². The molecule has 2 N–H and O–H groups in total. The van der Waals surface area contributed by atoms with Crippen LogP contribution in [0.15, 0.2) is 24.3 Å². The summed E-state index contributed by atoms with van der Waals surface area (Å²) >= 11 is 0. The normalized spacial score (nSPS) is 17.2. The zero-order valence-corrected chi connectivity index (χ0v) is 10.5. The standard InChI is InChI=1S/C13H21FN2/c1-5-13(2,16(3)4)12(15)10-6-8-11(14)9-7-10/h6-9,12H,5,15H2,1-4H3. The van der Waals surface area contributed by atoms with Gasteiger partial charge in [-0.25, -0.2) is 4.39 Å². The SMILES string of the molecule is CCC(C)(C(N)c1ccc(F)cc1)N(C)C. The van der Waals surface area contributed by atoms with Crippen LogP contribution in [0.5, 0.6) is 0 Å². The quantitative estimate of drug-likeness (QED) is 0.851. The van der Waals surface area contributed by atoms with Crippen molar-refractivity contribution in [1.29, 1.82) is 0 Å². The zero-order valence-electron chi connectivity index (χ0n) is 10.5. The first kappa shape index (κ1) is 13.1. The van der Waals surface area contributed by atoms with Crippen LogP contribution in [0.3, 0.4) is 0 Å². The molecule has 3 heteroatoms. The molecule has 0 aliphatic carbocycles. The Bertz CT molecular complexity index is 334. The van der Waals surface area contributed by atoms with Crippen molar-refractivity contribution < 1.29 is 4.39 Å². The molecule has 0 saturated heterocycles. The fourth-order valence-corrected chi connectivity index (χ4v) is 1.84. The van der Waals surface area contributed by atoms with Crippen LogP contribution >= 0.6 is 0 Å². The Morgan fingerprint density at radius 2 is 1.81 bits per heavy atom. The van der Waals surface area contributed by atoms with Gasteiger partial charge >= 0.3 is 0 Å². The van der Waals surface area contributed by atoms with Gasteiger partial charge in [0.05, 0.1) is 0 Å². The van der Waals surface area contributed by atoms with Crippen LogP contribution in [-0.4, -0.2) is 24.5 Å². The molecule has 1 aromatic carbocycles. The van der Waals surface area contributed by atoms with E-state index >= 15 is 0 Å². The van der Waals surface area contributed by atoms with Crippen molar-refractivity contribution in [2.75, 3.05) is 14.1 Å². The maximum absolute atomic E-state index is 12.8. The molecule has 1 rings (SSSR count). The summed E-state index contributed by atoms with van der Waals surface area (Å²) in [6.45, 7) is 4.24. The van der Waals surface area contributed by atoms with Gasteiger partial charge in [0, 0.05) is 11.6 Å². The summed E-state index contributed by atoms with van der Waals surface area (Å²) in [4.78, 5) is 2.13. The van der Waals surface area contributed by atoms with Crippen LogP contribution in [0.25, 0.3) is 0 Å². The van der Waals surface area contributed by atoms with Gasteiger partial charge in [-0.05, 0) is 45.1 Å². The fourth-order valence-electron chi connectivity index (χ4n) is 1.84. The Morgan fingerprint density at radius 1 is 1.31 bits per heavy atom. The molecule has 2 atom stereocenters. The summed E-state index contributed by atoms with van der Waals surface area (Å²) < 4.78 is 12.8. The zero-order chi connectivity index (χ0) is 12.3. The van der Waals surface area contributed by atoms with Gasteiger partial charge in [0.25, 0.3) is 0 Å². The Kier molecular flexibility index (Phi) is 4.05. The summed E-state index contributed by atoms with van der Waals surface area (Å²) in [5.41, 5.74) is 7.13. The maximum Gasteiger partial charge on any atom is 0.123 e. The highest BCUT2D eigenvalue weighted by molar-refractivity contribution is 5.23. The lowest BCUT2D eigenvalue weighted by Crippen LogP contribution is -2.49. The van der Waals surface area contributed by atoms with E-state index in [2.05, 4.69) is 18.7 Å². The smallest absolute Gasteiger partial charge is 0.123 e.